The molecule has 1 aromatic heterocycles. The molecule has 0 atom stereocenters. The summed E-state index contributed by atoms with van der Waals surface area (Å²) in [6.07, 6.45) is -5.29. The fraction of sp³-hybridized carbons (Fsp3) is 0.667. The van der Waals surface area contributed by atoms with E-state index in [4.69, 9.17) is 0 Å². The minimum absolute atomic E-state index is 0.173. The summed E-state index contributed by atoms with van der Waals surface area (Å²) in [4.78, 5) is 3.66. The summed E-state index contributed by atoms with van der Waals surface area (Å²) < 4.78 is 39.1. The predicted octanol–water partition coefficient (Wildman–Crippen LogP) is 2.07. The van der Waals surface area contributed by atoms with Crippen LogP contribution < -0.4 is 5.32 Å². The number of nitrogens with one attached hydrogen (secondary N) is 1. The minimum atomic E-state index is -4.23. The van der Waals surface area contributed by atoms with Gasteiger partial charge in [0.25, 0.3) is 0 Å². The maximum Gasteiger partial charge on any atom is 0.396 e. The van der Waals surface area contributed by atoms with Gasteiger partial charge in [0.05, 0.1) is 0 Å². The Balaban J connectivity index is 2.59. The zero-order valence-electron chi connectivity index (χ0n) is 6.85. The number of hydrogen-bond donors (Lipinski definition) is 1. The van der Waals surface area contributed by atoms with Gasteiger partial charge < -0.3 is 5.32 Å². The van der Waals surface area contributed by atoms with Gasteiger partial charge in [-0.25, -0.2) is 4.98 Å². The van der Waals surface area contributed by atoms with Crippen molar-refractivity contribution in [3.8, 4) is 0 Å². The third-order valence-electron chi connectivity index (χ3n) is 1.15. The molecule has 1 heterocycles. The summed E-state index contributed by atoms with van der Waals surface area (Å²) in [6.45, 7) is 2.46. The van der Waals surface area contributed by atoms with Crippen molar-refractivity contribution >= 4 is 16.7 Å². The molecular weight excluding hydrogens is 203 g/mol. The van der Waals surface area contributed by atoms with E-state index in [9.17, 15) is 13.2 Å². The molecule has 0 aliphatic heterocycles. The molecule has 0 aromatic carbocycles. The quantitative estimate of drug-likeness (QED) is 0.831. The first kappa shape index (κ1) is 10.2. The van der Waals surface area contributed by atoms with E-state index >= 15 is 0 Å². The Morgan fingerprint density at radius 3 is 2.69 bits per heavy atom. The van der Waals surface area contributed by atoms with E-state index < -0.39 is 12.6 Å². The highest BCUT2D eigenvalue weighted by atomic mass is 32.1. The number of nitrogens with zero attached hydrogens (tertiary/aromatic N) is 2. The topological polar surface area (TPSA) is 37.8 Å². The molecule has 0 radical (unpaired) electrons. The van der Waals surface area contributed by atoms with Crippen molar-refractivity contribution in [3.05, 3.63) is 5.82 Å². The summed E-state index contributed by atoms with van der Waals surface area (Å²) >= 11 is 0.943. The van der Waals surface area contributed by atoms with Crippen LogP contribution in [0.1, 0.15) is 12.7 Å². The van der Waals surface area contributed by atoms with E-state index in [0.29, 0.717) is 11.7 Å². The highest BCUT2D eigenvalue weighted by Crippen LogP contribution is 2.21. The molecule has 0 saturated carbocycles. The van der Waals surface area contributed by atoms with Gasteiger partial charge in [0.15, 0.2) is 5.82 Å². The Labute approximate surface area is 77.2 Å². The number of alkyl halides is 3. The van der Waals surface area contributed by atoms with Crippen LogP contribution in [-0.4, -0.2) is 22.1 Å². The van der Waals surface area contributed by atoms with Gasteiger partial charge >= 0.3 is 6.18 Å². The van der Waals surface area contributed by atoms with Crippen molar-refractivity contribution in [1.29, 1.82) is 0 Å². The van der Waals surface area contributed by atoms with Crippen LogP contribution in [0.5, 0.6) is 0 Å². The van der Waals surface area contributed by atoms with Crippen LogP contribution in [0, 0.1) is 0 Å². The van der Waals surface area contributed by atoms with Gasteiger partial charge in [-0.1, -0.05) is 0 Å². The number of hydrogen-bond acceptors (Lipinski definition) is 4. The maximum atomic E-state index is 11.8. The molecule has 0 saturated heterocycles. The van der Waals surface area contributed by atoms with Crippen LogP contribution in [0.4, 0.5) is 18.3 Å². The predicted molar refractivity (Wildman–Crippen MR) is 43.8 cm³/mol. The third-order valence-corrected chi connectivity index (χ3v) is 1.87. The molecule has 1 N–H and O–H groups in total. The van der Waals surface area contributed by atoms with Crippen molar-refractivity contribution < 1.29 is 13.2 Å². The van der Waals surface area contributed by atoms with Gasteiger partial charge in [0.1, 0.15) is 6.42 Å². The minimum Gasteiger partial charge on any atom is -0.361 e. The van der Waals surface area contributed by atoms with E-state index in [0.717, 1.165) is 11.5 Å². The van der Waals surface area contributed by atoms with Gasteiger partial charge in [-0.2, -0.15) is 17.5 Å². The summed E-state index contributed by atoms with van der Waals surface area (Å²) in [5, 5.41) is 3.22. The van der Waals surface area contributed by atoms with Gasteiger partial charge in [0.2, 0.25) is 5.13 Å². The first-order valence-electron chi connectivity index (χ1n) is 3.64. The first-order valence-corrected chi connectivity index (χ1v) is 4.42. The molecule has 0 aliphatic carbocycles. The smallest absolute Gasteiger partial charge is 0.361 e. The standard InChI is InChI=1S/C6H8F3N3S/c1-2-10-5-11-4(12-13-5)3-6(7,8)9/h2-3H2,1H3,(H,10,11,12). The zero-order valence-corrected chi connectivity index (χ0v) is 7.67. The molecule has 0 aliphatic rings. The van der Waals surface area contributed by atoms with Crippen LogP contribution in [0.25, 0.3) is 0 Å². The fourth-order valence-electron chi connectivity index (χ4n) is 0.728. The molecule has 1 rings (SSSR count). The second-order valence-electron chi connectivity index (χ2n) is 2.34. The molecule has 0 spiro atoms. The lowest BCUT2D eigenvalue weighted by Gasteiger charge is -2.00. The average Bonchev–Trinajstić information content (AvgIpc) is 2.33. The number of rotatable bonds is 3. The first-order chi connectivity index (χ1) is 6.01. The van der Waals surface area contributed by atoms with E-state index in [1.165, 1.54) is 0 Å². The highest BCUT2D eigenvalue weighted by Gasteiger charge is 2.29. The fourth-order valence-corrected chi connectivity index (χ4v) is 1.38. The van der Waals surface area contributed by atoms with Crippen molar-refractivity contribution in [1.82, 2.24) is 9.36 Å². The molecule has 13 heavy (non-hydrogen) atoms. The summed E-state index contributed by atoms with van der Waals surface area (Å²) in [5.41, 5.74) is 0. The van der Waals surface area contributed by atoms with Gasteiger partial charge in [-0.15, -0.1) is 0 Å². The second-order valence-corrected chi connectivity index (χ2v) is 3.09. The number of anilines is 1. The Morgan fingerprint density at radius 1 is 1.46 bits per heavy atom. The van der Waals surface area contributed by atoms with E-state index in [-0.39, 0.29) is 5.82 Å². The Kier molecular flexibility index (Phi) is 3.07. The van der Waals surface area contributed by atoms with Crippen molar-refractivity contribution in [2.75, 3.05) is 11.9 Å². The molecule has 0 fully saturated rings. The molecule has 0 bridgehead atoms. The second kappa shape index (κ2) is 3.91. The summed E-state index contributed by atoms with van der Waals surface area (Å²) in [6, 6.07) is 0. The number of aromatic nitrogens is 2. The molecule has 7 heteroatoms. The lowest BCUT2D eigenvalue weighted by Crippen LogP contribution is -2.12. The van der Waals surface area contributed by atoms with Gasteiger partial charge in [0, 0.05) is 18.1 Å². The maximum absolute atomic E-state index is 11.8. The Bertz CT molecular complexity index is 270. The van der Waals surface area contributed by atoms with E-state index in [1.807, 2.05) is 6.92 Å². The molecule has 0 unspecified atom stereocenters. The Morgan fingerprint density at radius 2 is 2.15 bits per heavy atom. The van der Waals surface area contributed by atoms with Crippen LogP contribution in [0.15, 0.2) is 0 Å². The molecule has 74 valence electrons. The SMILES string of the molecule is CCNc1nc(CC(F)(F)F)ns1. The van der Waals surface area contributed by atoms with Gasteiger partial charge in [-0.3, -0.25) is 0 Å². The molecule has 3 nitrogen and oxygen atoms in total. The Hall–Kier alpha value is -0.850. The van der Waals surface area contributed by atoms with Gasteiger partial charge in [-0.05, 0) is 6.92 Å². The van der Waals surface area contributed by atoms with Crippen LogP contribution in [-0.2, 0) is 6.42 Å². The van der Waals surface area contributed by atoms with Crippen LogP contribution >= 0.6 is 11.5 Å². The largest absolute Gasteiger partial charge is 0.396 e. The van der Waals surface area contributed by atoms with E-state index in [1.54, 1.807) is 0 Å². The highest BCUT2D eigenvalue weighted by molar-refractivity contribution is 7.09. The van der Waals surface area contributed by atoms with Crippen molar-refractivity contribution in [2.24, 2.45) is 0 Å². The average molecular weight is 211 g/mol. The lowest BCUT2D eigenvalue weighted by atomic mass is 10.4. The van der Waals surface area contributed by atoms with Crippen molar-refractivity contribution in [3.63, 3.8) is 0 Å². The van der Waals surface area contributed by atoms with Crippen molar-refractivity contribution in [2.45, 2.75) is 19.5 Å². The monoisotopic (exact) mass is 211 g/mol. The van der Waals surface area contributed by atoms with E-state index in [2.05, 4.69) is 14.7 Å². The zero-order chi connectivity index (χ0) is 9.90. The molecule has 1 aromatic rings. The van der Waals surface area contributed by atoms with Crippen LogP contribution in [0.3, 0.4) is 0 Å². The summed E-state index contributed by atoms with van der Waals surface area (Å²) in [7, 11) is 0. The lowest BCUT2D eigenvalue weighted by molar-refractivity contribution is -0.128. The third kappa shape index (κ3) is 3.58. The van der Waals surface area contributed by atoms with Crippen LogP contribution in [0.2, 0.25) is 0 Å². The molecule has 0 amide bonds. The molecular formula is C6H8F3N3S. The number of halogens is 3. The summed E-state index contributed by atoms with van der Waals surface area (Å²) in [5.74, 6) is -0.173. The normalized spacial score (nSPS) is 11.7.